The van der Waals surface area contributed by atoms with Crippen molar-refractivity contribution in [3.8, 4) is 5.69 Å². The maximum atomic E-state index is 12.6. The van der Waals surface area contributed by atoms with Crippen LogP contribution in [0, 0.1) is 6.92 Å². The van der Waals surface area contributed by atoms with Crippen molar-refractivity contribution in [2.45, 2.75) is 24.4 Å². The van der Waals surface area contributed by atoms with E-state index in [1.807, 2.05) is 54.0 Å². The van der Waals surface area contributed by atoms with Crippen LogP contribution in [-0.4, -0.2) is 20.7 Å². The van der Waals surface area contributed by atoms with E-state index in [2.05, 4.69) is 27.6 Å². The SMILES string of the molecule is Cc1ccc(-n2c(CNC(=O)c3cc(Cl)cc(Cl)c3)nnc2SCc2ccccc2)cc1. The zero-order valence-electron chi connectivity index (χ0n) is 17.3. The molecule has 1 heterocycles. The van der Waals surface area contributed by atoms with Gasteiger partial charge in [0.15, 0.2) is 11.0 Å². The van der Waals surface area contributed by atoms with Gasteiger partial charge in [-0.05, 0) is 42.8 Å². The molecule has 1 aromatic heterocycles. The number of rotatable bonds is 7. The zero-order chi connectivity index (χ0) is 22.5. The van der Waals surface area contributed by atoms with Gasteiger partial charge in [0, 0.05) is 27.0 Å². The minimum atomic E-state index is -0.286. The van der Waals surface area contributed by atoms with Gasteiger partial charge < -0.3 is 5.32 Å². The molecule has 0 saturated carbocycles. The average Bonchev–Trinajstić information content (AvgIpc) is 3.19. The molecule has 3 aromatic carbocycles. The van der Waals surface area contributed by atoms with Gasteiger partial charge in [0.2, 0.25) is 0 Å². The molecule has 32 heavy (non-hydrogen) atoms. The number of benzene rings is 3. The Labute approximate surface area is 200 Å². The van der Waals surface area contributed by atoms with Crippen LogP contribution in [0.25, 0.3) is 5.69 Å². The molecule has 0 atom stereocenters. The van der Waals surface area contributed by atoms with Crippen LogP contribution in [0.5, 0.6) is 0 Å². The Morgan fingerprint density at radius 1 is 0.969 bits per heavy atom. The number of hydrogen-bond donors (Lipinski definition) is 1. The van der Waals surface area contributed by atoms with Gasteiger partial charge in [-0.2, -0.15) is 0 Å². The van der Waals surface area contributed by atoms with Gasteiger partial charge in [0.25, 0.3) is 5.91 Å². The van der Waals surface area contributed by atoms with Crippen molar-refractivity contribution >= 4 is 40.9 Å². The maximum absolute atomic E-state index is 12.6. The van der Waals surface area contributed by atoms with Crippen LogP contribution in [-0.2, 0) is 12.3 Å². The number of carbonyl (C=O) groups excluding carboxylic acids is 1. The molecule has 5 nitrogen and oxygen atoms in total. The standard InChI is InChI=1S/C24H20Cl2N4OS/c1-16-7-9-21(10-8-16)30-22(14-27-23(31)18-11-19(25)13-20(26)12-18)28-29-24(30)32-15-17-5-3-2-4-6-17/h2-13H,14-15H2,1H3,(H,27,31). The van der Waals surface area contributed by atoms with Crippen molar-refractivity contribution in [1.82, 2.24) is 20.1 Å². The fraction of sp³-hybridized carbons (Fsp3) is 0.125. The number of aromatic nitrogens is 3. The average molecular weight is 483 g/mol. The molecule has 0 aliphatic rings. The lowest BCUT2D eigenvalue weighted by molar-refractivity contribution is 0.0949. The second kappa shape index (κ2) is 10.2. The molecule has 1 N–H and O–H groups in total. The first-order valence-corrected chi connectivity index (χ1v) is 11.7. The van der Waals surface area contributed by atoms with Crippen molar-refractivity contribution in [3.05, 3.63) is 105 Å². The summed E-state index contributed by atoms with van der Waals surface area (Å²) in [5.74, 6) is 1.11. The van der Waals surface area contributed by atoms with Gasteiger partial charge in [-0.15, -0.1) is 10.2 Å². The van der Waals surface area contributed by atoms with Crippen LogP contribution in [0.2, 0.25) is 10.0 Å². The molecule has 0 spiro atoms. The molecule has 0 radical (unpaired) electrons. The molecule has 0 bridgehead atoms. The van der Waals surface area contributed by atoms with E-state index in [1.54, 1.807) is 30.0 Å². The van der Waals surface area contributed by atoms with Gasteiger partial charge in [-0.1, -0.05) is 83.0 Å². The Hall–Kier alpha value is -2.80. The molecule has 0 fully saturated rings. The van der Waals surface area contributed by atoms with Crippen molar-refractivity contribution < 1.29 is 4.79 Å². The van der Waals surface area contributed by atoms with Crippen LogP contribution in [0.15, 0.2) is 78.0 Å². The van der Waals surface area contributed by atoms with Crippen LogP contribution in [0.3, 0.4) is 0 Å². The number of hydrogen-bond acceptors (Lipinski definition) is 4. The zero-order valence-corrected chi connectivity index (χ0v) is 19.6. The summed E-state index contributed by atoms with van der Waals surface area (Å²) in [5, 5.41) is 13.2. The number of amides is 1. The molecule has 0 saturated heterocycles. The van der Waals surface area contributed by atoms with Crippen molar-refractivity contribution in [2.24, 2.45) is 0 Å². The monoisotopic (exact) mass is 482 g/mol. The molecule has 0 aliphatic heterocycles. The summed E-state index contributed by atoms with van der Waals surface area (Å²) in [6, 6.07) is 23.1. The summed E-state index contributed by atoms with van der Waals surface area (Å²) >= 11 is 13.6. The summed E-state index contributed by atoms with van der Waals surface area (Å²) in [6.45, 7) is 2.24. The number of halogens is 2. The first-order chi connectivity index (χ1) is 15.5. The predicted molar refractivity (Wildman–Crippen MR) is 130 cm³/mol. The van der Waals surface area contributed by atoms with E-state index >= 15 is 0 Å². The highest BCUT2D eigenvalue weighted by molar-refractivity contribution is 7.98. The second-order valence-electron chi connectivity index (χ2n) is 7.18. The van der Waals surface area contributed by atoms with E-state index < -0.39 is 0 Å². The number of aryl methyl sites for hydroxylation is 1. The Morgan fingerprint density at radius 3 is 2.34 bits per heavy atom. The number of carbonyl (C=O) groups is 1. The van der Waals surface area contributed by atoms with Crippen molar-refractivity contribution in [2.75, 3.05) is 0 Å². The maximum Gasteiger partial charge on any atom is 0.251 e. The summed E-state index contributed by atoms with van der Waals surface area (Å²) in [4.78, 5) is 12.6. The van der Waals surface area contributed by atoms with E-state index in [0.29, 0.717) is 21.4 Å². The van der Waals surface area contributed by atoms with Crippen molar-refractivity contribution in [1.29, 1.82) is 0 Å². The second-order valence-corrected chi connectivity index (χ2v) is 9.00. The minimum Gasteiger partial charge on any atom is -0.345 e. The number of nitrogens with one attached hydrogen (secondary N) is 1. The third-order valence-electron chi connectivity index (χ3n) is 4.74. The van der Waals surface area contributed by atoms with Crippen LogP contribution in [0.4, 0.5) is 0 Å². The van der Waals surface area contributed by atoms with E-state index in [9.17, 15) is 4.79 Å². The Morgan fingerprint density at radius 2 is 1.66 bits per heavy atom. The quantitative estimate of drug-likeness (QED) is 0.323. The van der Waals surface area contributed by atoms with E-state index in [4.69, 9.17) is 23.2 Å². The summed E-state index contributed by atoms with van der Waals surface area (Å²) < 4.78 is 1.97. The van der Waals surface area contributed by atoms with Crippen LogP contribution >= 0.6 is 35.0 Å². The van der Waals surface area contributed by atoms with Gasteiger partial charge in [-0.25, -0.2) is 0 Å². The molecule has 0 aliphatic carbocycles. The first-order valence-electron chi connectivity index (χ1n) is 9.92. The summed E-state index contributed by atoms with van der Waals surface area (Å²) in [7, 11) is 0. The largest absolute Gasteiger partial charge is 0.345 e. The lowest BCUT2D eigenvalue weighted by Crippen LogP contribution is -2.24. The normalized spacial score (nSPS) is 10.8. The fourth-order valence-electron chi connectivity index (χ4n) is 3.13. The smallest absolute Gasteiger partial charge is 0.251 e. The van der Waals surface area contributed by atoms with Gasteiger partial charge in [0.1, 0.15) is 0 Å². The van der Waals surface area contributed by atoms with Crippen molar-refractivity contribution in [3.63, 3.8) is 0 Å². The third kappa shape index (κ3) is 5.51. The fourth-order valence-corrected chi connectivity index (χ4v) is 4.58. The molecule has 8 heteroatoms. The predicted octanol–water partition coefficient (Wildman–Crippen LogP) is 6.10. The van der Waals surface area contributed by atoms with Gasteiger partial charge in [0.05, 0.1) is 6.54 Å². The summed E-state index contributed by atoms with van der Waals surface area (Å²) in [5.41, 5.74) is 3.69. The molecular formula is C24H20Cl2N4OS. The van der Waals surface area contributed by atoms with Gasteiger partial charge in [-0.3, -0.25) is 9.36 Å². The first kappa shape index (κ1) is 22.4. The van der Waals surface area contributed by atoms with Crippen LogP contribution < -0.4 is 5.32 Å². The summed E-state index contributed by atoms with van der Waals surface area (Å²) in [6.07, 6.45) is 0. The molecule has 4 rings (SSSR count). The highest BCUT2D eigenvalue weighted by atomic mass is 35.5. The number of thioether (sulfide) groups is 1. The van der Waals surface area contributed by atoms with Crippen LogP contribution in [0.1, 0.15) is 27.3 Å². The molecule has 1 amide bonds. The minimum absolute atomic E-state index is 0.204. The molecule has 4 aromatic rings. The molecule has 162 valence electrons. The highest BCUT2D eigenvalue weighted by Gasteiger charge is 2.16. The topological polar surface area (TPSA) is 59.8 Å². The lowest BCUT2D eigenvalue weighted by atomic mass is 10.2. The Bertz CT molecular complexity index is 1210. The van der Waals surface area contributed by atoms with E-state index in [-0.39, 0.29) is 12.5 Å². The van der Waals surface area contributed by atoms with E-state index in [0.717, 1.165) is 22.2 Å². The molecule has 0 unspecified atom stereocenters. The highest BCUT2D eigenvalue weighted by Crippen LogP contribution is 2.26. The van der Waals surface area contributed by atoms with E-state index in [1.165, 1.54) is 5.56 Å². The van der Waals surface area contributed by atoms with Gasteiger partial charge >= 0.3 is 0 Å². The third-order valence-corrected chi connectivity index (χ3v) is 6.17. The Balaban J connectivity index is 1.57. The Kier molecular flexibility index (Phi) is 7.15. The number of nitrogens with zero attached hydrogens (tertiary/aromatic N) is 3. The lowest BCUT2D eigenvalue weighted by Gasteiger charge is -2.12. The molecular weight excluding hydrogens is 463 g/mol.